The first kappa shape index (κ1) is 16.5. The van der Waals surface area contributed by atoms with Gasteiger partial charge < -0.3 is 14.5 Å². The lowest BCUT2D eigenvalue weighted by Gasteiger charge is -2.11. The summed E-state index contributed by atoms with van der Waals surface area (Å²) in [7, 11) is 0. The van der Waals surface area contributed by atoms with E-state index >= 15 is 0 Å². The topological polar surface area (TPSA) is 68.5 Å². The van der Waals surface area contributed by atoms with Gasteiger partial charge in [-0.3, -0.25) is 4.79 Å². The molecule has 1 atom stereocenters. The van der Waals surface area contributed by atoms with Crippen LogP contribution in [0.4, 0.5) is 0 Å². The van der Waals surface area contributed by atoms with E-state index < -0.39 is 5.97 Å². The van der Waals surface area contributed by atoms with Crippen molar-refractivity contribution >= 4 is 18.0 Å². The van der Waals surface area contributed by atoms with Gasteiger partial charge >= 0.3 is 5.97 Å². The third-order valence-electron chi connectivity index (χ3n) is 3.28. The summed E-state index contributed by atoms with van der Waals surface area (Å²) in [4.78, 5) is 23.4. The molecule has 1 aromatic heterocycles. The Morgan fingerprint density at radius 3 is 2.74 bits per heavy atom. The van der Waals surface area contributed by atoms with Crippen molar-refractivity contribution < 1.29 is 18.7 Å². The minimum Gasteiger partial charge on any atom is -0.467 e. The average Bonchev–Trinajstić information content (AvgIpc) is 3.06. The Bertz CT molecular complexity index is 689. The van der Waals surface area contributed by atoms with Gasteiger partial charge in [0.1, 0.15) is 5.76 Å². The molecule has 0 radical (unpaired) electrons. The normalized spacial score (nSPS) is 12.1. The largest absolute Gasteiger partial charge is 0.467 e. The van der Waals surface area contributed by atoms with Crippen LogP contribution in [0.25, 0.3) is 6.08 Å². The fourth-order valence-electron chi connectivity index (χ4n) is 2.01. The summed E-state index contributed by atoms with van der Waals surface area (Å²) in [5, 5.41) is 2.69. The summed E-state index contributed by atoms with van der Waals surface area (Å²) >= 11 is 0. The second-order valence-electron chi connectivity index (χ2n) is 5.10. The number of aryl methyl sites for hydroxylation is 1. The van der Waals surface area contributed by atoms with E-state index in [9.17, 15) is 9.59 Å². The smallest absolute Gasteiger partial charge is 0.331 e. The van der Waals surface area contributed by atoms with Gasteiger partial charge in [0.25, 0.3) is 5.91 Å². The molecule has 0 saturated heterocycles. The predicted molar refractivity (Wildman–Crippen MR) is 86.4 cm³/mol. The number of ether oxygens (including phenoxy) is 1. The molecule has 0 bridgehead atoms. The highest BCUT2D eigenvalue weighted by molar-refractivity contribution is 5.89. The number of carbonyl (C=O) groups excluding carboxylic acids is 2. The number of esters is 1. The van der Waals surface area contributed by atoms with Gasteiger partial charge in [-0.25, -0.2) is 4.79 Å². The van der Waals surface area contributed by atoms with Gasteiger partial charge in [0.2, 0.25) is 0 Å². The number of hydrogen-bond acceptors (Lipinski definition) is 4. The summed E-state index contributed by atoms with van der Waals surface area (Å²) in [6.45, 7) is 3.41. The Hall–Kier alpha value is -2.82. The highest BCUT2D eigenvalue weighted by Crippen LogP contribution is 2.12. The van der Waals surface area contributed by atoms with Gasteiger partial charge in [-0.1, -0.05) is 24.3 Å². The summed E-state index contributed by atoms with van der Waals surface area (Å²) in [5.74, 6) is -0.301. The minimum atomic E-state index is -0.561. The molecule has 0 saturated carbocycles. The fraction of sp³-hybridized carbons (Fsp3) is 0.222. The number of furan rings is 1. The molecule has 0 aliphatic rings. The fourth-order valence-corrected chi connectivity index (χ4v) is 2.01. The van der Waals surface area contributed by atoms with Crippen molar-refractivity contribution in [3.8, 4) is 0 Å². The highest BCUT2D eigenvalue weighted by atomic mass is 16.5. The first-order chi connectivity index (χ1) is 11.1. The van der Waals surface area contributed by atoms with Gasteiger partial charge in [0, 0.05) is 6.08 Å². The summed E-state index contributed by atoms with van der Waals surface area (Å²) in [5.41, 5.74) is 1.99. The van der Waals surface area contributed by atoms with Gasteiger partial charge in [-0.2, -0.15) is 0 Å². The van der Waals surface area contributed by atoms with Crippen LogP contribution in [0.3, 0.4) is 0 Å². The van der Waals surface area contributed by atoms with Crippen molar-refractivity contribution in [1.82, 2.24) is 5.32 Å². The minimum absolute atomic E-state index is 0.279. The Balaban J connectivity index is 1.78. The van der Waals surface area contributed by atoms with Gasteiger partial charge in [0.05, 0.1) is 12.3 Å². The van der Waals surface area contributed by atoms with Crippen LogP contribution in [0, 0.1) is 6.92 Å². The summed E-state index contributed by atoms with van der Waals surface area (Å²) in [6, 6.07) is 10.9. The molecule has 5 nitrogen and oxygen atoms in total. The van der Waals surface area contributed by atoms with Crippen molar-refractivity contribution in [2.45, 2.75) is 19.9 Å². The van der Waals surface area contributed by atoms with Crippen molar-refractivity contribution in [3.05, 3.63) is 65.6 Å². The van der Waals surface area contributed by atoms with Crippen LogP contribution in [0.5, 0.6) is 0 Å². The van der Waals surface area contributed by atoms with Crippen LogP contribution in [-0.2, 0) is 14.3 Å². The van der Waals surface area contributed by atoms with Crippen LogP contribution in [0.15, 0.2) is 53.2 Å². The van der Waals surface area contributed by atoms with E-state index in [0.717, 1.165) is 11.1 Å². The number of nitrogens with one attached hydrogen (secondary N) is 1. The standard InChI is InChI=1S/C18H19NO4/c1-13-6-3-4-7-15(13)9-10-18(21)23-12-17(20)19-14(2)16-8-5-11-22-16/h3-11,14H,12H2,1-2H3,(H,19,20)/b10-9+/t14-/m0/s1. The molecule has 23 heavy (non-hydrogen) atoms. The quantitative estimate of drug-likeness (QED) is 0.657. The molecule has 0 aliphatic carbocycles. The Kier molecular flexibility index (Phi) is 5.74. The first-order valence-electron chi connectivity index (χ1n) is 7.29. The lowest BCUT2D eigenvalue weighted by atomic mass is 10.1. The number of carbonyl (C=O) groups is 2. The molecule has 1 aromatic carbocycles. The Morgan fingerprint density at radius 1 is 1.26 bits per heavy atom. The van der Waals surface area contributed by atoms with Crippen LogP contribution in [-0.4, -0.2) is 18.5 Å². The van der Waals surface area contributed by atoms with Crippen LogP contribution < -0.4 is 5.32 Å². The van der Waals surface area contributed by atoms with Crippen LogP contribution >= 0.6 is 0 Å². The molecule has 0 unspecified atom stereocenters. The molecule has 2 rings (SSSR count). The SMILES string of the molecule is Cc1ccccc1/C=C/C(=O)OCC(=O)N[C@@H](C)c1ccco1. The molecule has 1 amide bonds. The third kappa shape index (κ3) is 5.14. The van der Waals surface area contributed by atoms with Crippen molar-refractivity contribution in [3.63, 3.8) is 0 Å². The molecule has 0 aliphatic heterocycles. The summed E-state index contributed by atoms with van der Waals surface area (Å²) in [6.07, 6.45) is 4.51. The van der Waals surface area contributed by atoms with Crippen LogP contribution in [0.2, 0.25) is 0 Å². The van der Waals surface area contributed by atoms with E-state index in [1.54, 1.807) is 25.1 Å². The predicted octanol–water partition coefficient (Wildman–Crippen LogP) is 3.02. The van der Waals surface area contributed by atoms with E-state index in [-0.39, 0.29) is 18.6 Å². The molecular formula is C18H19NO4. The number of amides is 1. The van der Waals surface area contributed by atoms with Gasteiger partial charge in [-0.05, 0) is 43.2 Å². The molecule has 1 heterocycles. The highest BCUT2D eigenvalue weighted by Gasteiger charge is 2.12. The molecule has 120 valence electrons. The molecule has 0 spiro atoms. The number of benzene rings is 1. The van der Waals surface area contributed by atoms with E-state index in [2.05, 4.69) is 5.32 Å². The maximum absolute atomic E-state index is 11.7. The summed E-state index contributed by atoms with van der Waals surface area (Å²) < 4.78 is 10.1. The van der Waals surface area contributed by atoms with E-state index in [0.29, 0.717) is 5.76 Å². The lowest BCUT2D eigenvalue weighted by Crippen LogP contribution is -2.30. The Morgan fingerprint density at radius 2 is 2.04 bits per heavy atom. The number of hydrogen-bond donors (Lipinski definition) is 1. The van der Waals surface area contributed by atoms with Crippen LogP contribution in [0.1, 0.15) is 29.9 Å². The van der Waals surface area contributed by atoms with Crippen molar-refractivity contribution in [2.24, 2.45) is 0 Å². The Labute approximate surface area is 134 Å². The molecule has 1 N–H and O–H groups in total. The van der Waals surface area contributed by atoms with Crippen molar-refractivity contribution in [1.29, 1.82) is 0 Å². The zero-order valence-electron chi connectivity index (χ0n) is 13.1. The zero-order chi connectivity index (χ0) is 16.7. The lowest BCUT2D eigenvalue weighted by molar-refractivity contribution is -0.144. The van der Waals surface area contributed by atoms with E-state index in [1.165, 1.54) is 12.3 Å². The van der Waals surface area contributed by atoms with Gasteiger partial charge in [0.15, 0.2) is 6.61 Å². The molecule has 5 heteroatoms. The molecule has 2 aromatic rings. The zero-order valence-corrected chi connectivity index (χ0v) is 13.1. The molecule has 0 fully saturated rings. The second kappa shape index (κ2) is 7.98. The van der Waals surface area contributed by atoms with Gasteiger partial charge in [-0.15, -0.1) is 0 Å². The number of rotatable bonds is 6. The second-order valence-corrected chi connectivity index (χ2v) is 5.10. The first-order valence-corrected chi connectivity index (χ1v) is 7.29. The average molecular weight is 313 g/mol. The maximum atomic E-state index is 11.7. The monoisotopic (exact) mass is 313 g/mol. The van der Waals surface area contributed by atoms with Crippen molar-refractivity contribution in [2.75, 3.05) is 6.61 Å². The maximum Gasteiger partial charge on any atom is 0.331 e. The van der Waals surface area contributed by atoms with E-state index in [4.69, 9.17) is 9.15 Å². The van der Waals surface area contributed by atoms with E-state index in [1.807, 2.05) is 31.2 Å². The molecular weight excluding hydrogens is 294 g/mol. The third-order valence-corrected chi connectivity index (χ3v) is 3.28.